The maximum atomic E-state index is 5.35. The van der Waals surface area contributed by atoms with Crippen LogP contribution in [0.2, 0.25) is 0 Å². The Bertz CT molecular complexity index is 506. The van der Waals surface area contributed by atoms with Crippen molar-refractivity contribution in [3.63, 3.8) is 0 Å². The molecule has 0 atom stereocenters. The van der Waals surface area contributed by atoms with Crippen molar-refractivity contribution < 1.29 is 4.74 Å². The zero-order valence-corrected chi connectivity index (χ0v) is 19.3. The van der Waals surface area contributed by atoms with Crippen LogP contribution in [0.3, 0.4) is 0 Å². The Hall–Kier alpha value is -0.610. The predicted octanol–water partition coefficient (Wildman–Crippen LogP) is 3.28. The van der Waals surface area contributed by atoms with E-state index in [1.165, 1.54) is 23.7 Å². The fourth-order valence-corrected chi connectivity index (χ4v) is 3.68. The van der Waals surface area contributed by atoms with Gasteiger partial charge in [-0.25, -0.2) is 4.98 Å². The Morgan fingerprint density at radius 2 is 2.08 bits per heavy atom. The number of aliphatic imine (C=N–C) groups is 1. The normalized spacial score (nSPS) is 14.4. The van der Waals surface area contributed by atoms with E-state index in [1.54, 1.807) is 11.3 Å². The number of thiazole rings is 1. The van der Waals surface area contributed by atoms with Crippen molar-refractivity contribution in [2.45, 2.75) is 46.0 Å². The van der Waals surface area contributed by atoms with Gasteiger partial charge >= 0.3 is 0 Å². The van der Waals surface area contributed by atoms with Crippen LogP contribution in [0.25, 0.3) is 0 Å². The zero-order valence-electron chi connectivity index (χ0n) is 16.1. The van der Waals surface area contributed by atoms with E-state index in [9.17, 15) is 0 Å². The second kappa shape index (κ2) is 14.4. The zero-order chi connectivity index (χ0) is 17.7. The summed E-state index contributed by atoms with van der Waals surface area (Å²) in [4.78, 5) is 11.8. The summed E-state index contributed by atoms with van der Waals surface area (Å²) in [7, 11) is 0. The van der Waals surface area contributed by atoms with E-state index >= 15 is 0 Å². The number of guanidine groups is 1. The molecular formula is C18H34IN5OS. The second-order valence-corrected chi connectivity index (χ2v) is 6.99. The highest BCUT2D eigenvalue weighted by molar-refractivity contribution is 14.0. The van der Waals surface area contributed by atoms with E-state index in [1.807, 2.05) is 6.92 Å². The summed E-state index contributed by atoms with van der Waals surface area (Å²) in [6.45, 7) is 10.6. The minimum Gasteiger partial charge on any atom is -0.382 e. The largest absolute Gasteiger partial charge is 0.382 e. The number of hydrogen-bond acceptors (Lipinski definition) is 5. The third-order valence-electron chi connectivity index (χ3n) is 4.10. The van der Waals surface area contributed by atoms with Gasteiger partial charge in [0, 0.05) is 57.7 Å². The van der Waals surface area contributed by atoms with Gasteiger partial charge in [-0.05, 0) is 39.5 Å². The summed E-state index contributed by atoms with van der Waals surface area (Å²) >= 11 is 1.77. The van der Waals surface area contributed by atoms with Crippen LogP contribution in [0.5, 0.6) is 0 Å². The summed E-state index contributed by atoms with van der Waals surface area (Å²) in [6, 6.07) is 0. The van der Waals surface area contributed by atoms with Gasteiger partial charge in [0.05, 0.1) is 5.69 Å². The second-order valence-electron chi connectivity index (χ2n) is 6.16. The van der Waals surface area contributed by atoms with Crippen molar-refractivity contribution in [2.75, 3.05) is 50.8 Å². The molecular weight excluding hydrogens is 461 g/mol. The maximum Gasteiger partial charge on any atom is 0.191 e. The number of halogens is 1. The Labute approximate surface area is 179 Å². The van der Waals surface area contributed by atoms with Gasteiger partial charge in [0.25, 0.3) is 0 Å². The molecule has 8 heteroatoms. The molecule has 1 aromatic rings. The molecule has 1 aromatic heterocycles. The topological polar surface area (TPSA) is 61.8 Å². The van der Waals surface area contributed by atoms with Crippen LogP contribution in [0.15, 0.2) is 10.4 Å². The lowest BCUT2D eigenvalue weighted by atomic mass is 10.3. The summed E-state index contributed by atoms with van der Waals surface area (Å²) < 4.78 is 5.35. The minimum absolute atomic E-state index is 0. The molecule has 2 heterocycles. The first-order chi connectivity index (χ1) is 12.3. The highest BCUT2D eigenvalue weighted by Crippen LogP contribution is 2.24. The van der Waals surface area contributed by atoms with Crippen LogP contribution in [0, 0.1) is 0 Å². The first-order valence-corrected chi connectivity index (χ1v) is 10.5. The third kappa shape index (κ3) is 8.85. The molecule has 0 radical (unpaired) electrons. The van der Waals surface area contributed by atoms with Gasteiger partial charge in [0.2, 0.25) is 0 Å². The van der Waals surface area contributed by atoms with Crippen LogP contribution >= 0.6 is 35.3 Å². The Kier molecular flexibility index (Phi) is 13.0. The third-order valence-corrected chi connectivity index (χ3v) is 5.06. The van der Waals surface area contributed by atoms with Gasteiger partial charge in [-0.1, -0.05) is 0 Å². The number of anilines is 1. The first kappa shape index (κ1) is 23.4. The quantitative estimate of drug-likeness (QED) is 0.214. The molecule has 1 fully saturated rings. The molecule has 150 valence electrons. The molecule has 2 N–H and O–H groups in total. The van der Waals surface area contributed by atoms with Crippen molar-refractivity contribution in [3.8, 4) is 0 Å². The highest BCUT2D eigenvalue weighted by atomic mass is 127. The standard InChI is InChI=1S/C18H33N5OS.HI/c1-3-19-17(20-10-5-8-14-24-4-2)21-11-9-16-15-25-18(22-16)23-12-6-7-13-23;/h15H,3-14H2,1-2H3,(H2,19,20,21);1H. The number of unbranched alkanes of at least 4 members (excludes halogenated alkanes) is 1. The Balaban J connectivity index is 0.00000338. The SMILES string of the molecule is CCNC(=NCCCCOCC)NCCc1csc(N2CCCC2)n1.I. The van der Waals surface area contributed by atoms with Gasteiger partial charge in [-0.3, -0.25) is 4.99 Å². The molecule has 0 amide bonds. The number of ether oxygens (including phenoxy) is 1. The van der Waals surface area contributed by atoms with Crippen molar-refractivity contribution in [3.05, 3.63) is 11.1 Å². The van der Waals surface area contributed by atoms with Crippen LogP contribution in [0.4, 0.5) is 5.13 Å². The molecule has 1 aliphatic rings. The maximum absolute atomic E-state index is 5.35. The van der Waals surface area contributed by atoms with E-state index in [0.29, 0.717) is 0 Å². The van der Waals surface area contributed by atoms with Crippen LogP contribution < -0.4 is 15.5 Å². The van der Waals surface area contributed by atoms with E-state index in [-0.39, 0.29) is 24.0 Å². The summed E-state index contributed by atoms with van der Waals surface area (Å²) in [6.07, 6.45) is 5.64. The molecule has 2 rings (SSSR count). The molecule has 6 nitrogen and oxygen atoms in total. The average molecular weight is 495 g/mol. The first-order valence-electron chi connectivity index (χ1n) is 9.62. The lowest BCUT2D eigenvalue weighted by Crippen LogP contribution is -2.38. The van der Waals surface area contributed by atoms with Gasteiger partial charge < -0.3 is 20.3 Å². The smallest absolute Gasteiger partial charge is 0.191 e. The molecule has 1 aliphatic heterocycles. The molecule has 26 heavy (non-hydrogen) atoms. The number of rotatable bonds is 11. The fraction of sp³-hybridized carbons (Fsp3) is 0.778. The minimum atomic E-state index is 0. The summed E-state index contributed by atoms with van der Waals surface area (Å²) in [5.74, 6) is 0.897. The number of nitrogens with zero attached hydrogens (tertiary/aromatic N) is 3. The molecule has 0 aliphatic carbocycles. The molecule has 0 unspecified atom stereocenters. The van der Waals surface area contributed by atoms with E-state index in [4.69, 9.17) is 9.72 Å². The number of nitrogens with one attached hydrogen (secondary N) is 2. The monoisotopic (exact) mass is 495 g/mol. The van der Waals surface area contributed by atoms with Crippen molar-refractivity contribution in [2.24, 2.45) is 4.99 Å². The highest BCUT2D eigenvalue weighted by Gasteiger charge is 2.15. The molecule has 0 spiro atoms. The van der Waals surface area contributed by atoms with Crippen LogP contribution in [-0.4, -0.2) is 56.9 Å². The van der Waals surface area contributed by atoms with Crippen molar-refractivity contribution in [1.29, 1.82) is 0 Å². The average Bonchev–Trinajstić information content (AvgIpc) is 3.29. The van der Waals surface area contributed by atoms with Gasteiger partial charge in [-0.15, -0.1) is 35.3 Å². The lowest BCUT2D eigenvalue weighted by molar-refractivity contribution is 0.144. The predicted molar refractivity (Wildman–Crippen MR) is 122 cm³/mol. The molecule has 1 saturated heterocycles. The van der Waals surface area contributed by atoms with E-state index < -0.39 is 0 Å². The van der Waals surface area contributed by atoms with Gasteiger partial charge in [0.1, 0.15) is 0 Å². The van der Waals surface area contributed by atoms with Crippen LogP contribution in [0.1, 0.15) is 45.2 Å². The summed E-state index contributed by atoms with van der Waals surface area (Å²) in [5.41, 5.74) is 1.17. The van der Waals surface area contributed by atoms with Crippen molar-refractivity contribution in [1.82, 2.24) is 15.6 Å². The van der Waals surface area contributed by atoms with Gasteiger partial charge in [-0.2, -0.15) is 0 Å². The number of aromatic nitrogens is 1. The van der Waals surface area contributed by atoms with Crippen LogP contribution in [-0.2, 0) is 11.2 Å². The summed E-state index contributed by atoms with van der Waals surface area (Å²) in [5, 5.41) is 10.1. The fourth-order valence-electron chi connectivity index (χ4n) is 2.77. The van der Waals surface area contributed by atoms with Gasteiger partial charge in [0.15, 0.2) is 11.1 Å². The molecule has 0 saturated carbocycles. The molecule has 0 bridgehead atoms. The Morgan fingerprint density at radius 1 is 1.27 bits per heavy atom. The Morgan fingerprint density at radius 3 is 2.81 bits per heavy atom. The number of hydrogen-bond donors (Lipinski definition) is 2. The lowest BCUT2D eigenvalue weighted by Gasteiger charge is -2.12. The van der Waals surface area contributed by atoms with E-state index in [0.717, 1.165) is 71.2 Å². The van der Waals surface area contributed by atoms with E-state index in [2.05, 4.69) is 32.8 Å². The van der Waals surface area contributed by atoms with Crippen molar-refractivity contribution >= 4 is 46.4 Å². The molecule has 0 aromatic carbocycles.